The summed E-state index contributed by atoms with van der Waals surface area (Å²) in [7, 11) is 0. The Balaban J connectivity index is 1.53. The number of amides is 2. The average molecular weight is 450 g/mol. The highest BCUT2D eigenvalue weighted by Gasteiger charge is 2.23. The molecule has 1 aliphatic rings. The van der Waals surface area contributed by atoms with E-state index in [1.54, 1.807) is 18.2 Å². The monoisotopic (exact) mass is 449 g/mol. The quantitative estimate of drug-likeness (QED) is 0.605. The van der Waals surface area contributed by atoms with Crippen molar-refractivity contribution in [1.29, 1.82) is 0 Å². The zero-order chi connectivity index (χ0) is 23.5. The van der Waals surface area contributed by atoms with Crippen LogP contribution in [0.15, 0.2) is 35.4 Å². The van der Waals surface area contributed by atoms with Crippen LogP contribution in [0.25, 0.3) is 5.52 Å². The third kappa shape index (κ3) is 4.84. The van der Waals surface area contributed by atoms with Crippen LogP contribution >= 0.6 is 0 Å². The maximum Gasteiger partial charge on any atom is 0.291 e. The summed E-state index contributed by atoms with van der Waals surface area (Å²) in [5.41, 5.74) is 3.84. The Morgan fingerprint density at radius 1 is 1.06 bits per heavy atom. The van der Waals surface area contributed by atoms with Gasteiger partial charge in [-0.3, -0.25) is 18.8 Å². The normalized spacial score (nSPS) is 14.4. The van der Waals surface area contributed by atoms with Crippen LogP contribution in [-0.2, 0) is 17.9 Å². The van der Waals surface area contributed by atoms with E-state index < -0.39 is 0 Å². The molecule has 0 spiro atoms. The standard InChI is InChI=1S/C25H31N5O3/c1-16-9-11-19(12-10-16)13-26-24(32)22-17(2)23-25(33)30(27-15-29(23)18(22)3)14-21(31)28-20-7-5-4-6-8-20/h9-12,15,20H,4-8,13-14H2,1-3H3,(H,26,32)(H,28,31). The Kier molecular flexibility index (Phi) is 6.62. The first kappa shape index (κ1) is 22.8. The molecule has 0 radical (unpaired) electrons. The number of carbonyl (C=O) groups is 2. The third-order valence-electron chi connectivity index (χ3n) is 6.50. The second-order valence-corrected chi connectivity index (χ2v) is 8.97. The van der Waals surface area contributed by atoms with Crippen LogP contribution in [0.3, 0.4) is 0 Å². The van der Waals surface area contributed by atoms with E-state index in [1.807, 2.05) is 31.2 Å². The van der Waals surface area contributed by atoms with Gasteiger partial charge in [-0.1, -0.05) is 49.1 Å². The number of carbonyl (C=O) groups excluding carboxylic acids is 2. The molecule has 2 N–H and O–H groups in total. The molecule has 2 heterocycles. The number of fused-ring (bicyclic) bond motifs is 1. The molecule has 1 aromatic carbocycles. The minimum Gasteiger partial charge on any atom is -0.352 e. The first-order valence-electron chi connectivity index (χ1n) is 11.6. The van der Waals surface area contributed by atoms with Crippen LogP contribution in [0.2, 0.25) is 0 Å². The van der Waals surface area contributed by atoms with Crippen LogP contribution in [0.1, 0.15) is 64.8 Å². The Morgan fingerprint density at radius 3 is 2.45 bits per heavy atom. The molecular weight excluding hydrogens is 418 g/mol. The molecule has 8 heteroatoms. The summed E-state index contributed by atoms with van der Waals surface area (Å²) in [5, 5.41) is 10.2. The largest absolute Gasteiger partial charge is 0.352 e. The first-order chi connectivity index (χ1) is 15.8. The highest BCUT2D eigenvalue weighted by Crippen LogP contribution is 2.20. The second kappa shape index (κ2) is 9.60. The molecule has 2 aromatic heterocycles. The molecule has 0 aliphatic heterocycles. The van der Waals surface area contributed by atoms with Gasteiger partial charge >= 0.3 is 0 Å². The van der Waals surface area contributed by atoms with Gasteiger partial charge in [-0.2, -0.15) is 5.10 Å². The van der Waals surface area contributed by atoms with Gasteiger partial charge in [0.15, 0.2) is 0 Å². The molecule has 2 amide bonds. The summed E-state index contributed by atoms with van der Waals surface area (Å²) in [6.07, 6.45) is 6.90. The zero-order valence-electron chi connectivity index (χ0n) is 19.5. The third-order valence-corrected chi connectivity index (χ3v) is 6.50. The van der Waals surface area contributed by atoms with Crippen LogP contribution in [0.5, 0.6) is 0 Å². The van der Waals surface area contributed by atoms with Gasteiger partial charge in [-0.05, 0) is 44.7 Å². The molecule has 174 valence electrons. The summed E-state index contributed by atoms with van der Waals surface area (Å²) in [4.78, 5) is 38.6. The van der Waals surface area contributed by atoms with Gasteiger partial charge in [-0.25, -0.2) is 4.68 Å². The average Bonchev–Trinajstić information content (AvgIpc) is 3.06. The predicted octanol–water partition coefficient (Wildman–Crippen LogP) is 2.80. The number of rotatable bonds is 6. The highest BCUT2D eigenvalue weighted by molar-refractivity contribution is 5.99. The Bertz CT molecular complexity index is 1230. The summed E-state index contributed by atoms with van der Waals surface area (Å²) >= 11 is 0. The van der Waals surface area contributed by atoms with E-state index >= 15 is 0 Å². The van der Waals surface area contributed by atoms with Crippen molar-refractivity contribution in [3.05, 3.63) is 68.9 Å². The van der Waals surface area contributed by atoms with Crippen molar-refractivity contribution in [1.82, 2.24) is 24.8 Å². The van der Waals surface area contributed by atoms with Gasteiger partial charge in [0.2, 0.25) is 5.91 Å². The fraction of sp³-hybridized carbons (Fsp3) is 0.440. The van der Waals surface area contributed by atoms with Gasteiger partial charge in [0.05, 0.1) is 5.56 Å². The van der Waals surface area contributed by atoms with Crippen LogP contribution < -0.4 is 16.2 Å². The molecule has 0 unspecified atom stereocenters. The summed E-state index contributed by atoms with van der Waals surface area (Å²) < 4.78 is 2.81. The van der Waals surface area contributed by atoms with E-state index in [0.717, 1.165) is 36.8 Å². The van der Waals surface area contributed by atoms with E-state index in [1.165, 1.54) is 17.4 Å². The molecule has 8 nitrogen and oxygen atoms in total. The van der Waals surface area contributed by atoms with Crippen LogP contribution in [0.4, 0.5) is 0 Å². The maximum absolute atomic E-state index is 13.1. The number of aryl methyl sites for hydroxylation is 3. The van der Waals surface area contributed by atoms with Crippen molar-refractivity contribution in [3.8, 4) is 0 Å². The molecule has 1 fully saturated rings. The van der Waals surface area contributed by atoms with Gasteiger partial charge in [0.1, 0.15) is 18.4 Å². The van der Waals surface area contributed by atoms with Crippen molar-refractivity contribution in [2.45, 2.75) is 72.0 Å². The number of nitrogens with zero attached hydrogens (tertiary/aromatic N) is 3. The molecule has 3 aromatic rings. The number of benzene rings is 1. The lowest BCUT2D eigenvalue weighted by Gasteiger charge is -2.22. The van der Waals surface area contributed by atoms with E-state index in [2.05, 4.69) is 15.7 Å². The lowest BCUT2D eigenvalue weighted by molar-refractivity contribution is -0.122. The van der Waals surface area contributed by atoms with E-state index in [-0.39, 0.29) is 30.0 Å². The van der Waals surface area contributed by atoms with E-state index in [9.17, 15) is 14.4 Å². The number of nitrogens with one attached hydrogen (secondary N) is 2. The van der Waals surface area contributed by atoms with E-state index in [4.69, 9.17) is 0 Å². The summed E-state index contributed by atoms with van der Waals surface area (Å²) in [5.74, 6) is -0.451. The minimum atomic E-state index is -0.380. The molecule has 1 saturated carbocycles. The first-order valence-corrected chi connectivity index (χ1v) is 11.6. The van der Waals surface area contributed by atoms with Crippen molar-refractivity contribution in [3.63, 3.8) is 0 Å². The number of aromatic nitrogens is 3. The van der Waals surface area contributed by atoms with Crippen molar-refractivity contribution < 1.29 is 9.59 Å². The van der Waals surface area contributed by atoms with Gasteiger partial charge in [0, 0.05) is 18.3 Å². The molecular formula is C25H31N5O3. The number of hydrogen-bond donors (Lipinski definition) is 2. The summed E-state index contributed by atoms with van der Waals surface area (Å²) in [6.45, 7) is 5.83. The summed E-state index contributed by atoms with van der Waals surface area (Å²) in [6, 6.07) is 8.14. The smallest absolute Gasteiger partial charge is 0.291 e. The van der Waals surface area contributed by atoms with Gasteiger partial charge < -0.3 is 10.6 Å². The number of hydrogen-bond acceptors (Lipinski definition) is 4. The lowest BCUT2D eigenvalue weighted by atomic mass is 9.95. The molecule has 4 rings (SSSR count). The van der Waals surface area contributed by atoms with Crippen molar-refractivity contribution in [2.24, 2.45) is 0 Å². The fourth-order valence-electron chi connectivity index (χ4n) is 4.64. The Labute approximate surface area is 193 Å². The molecule has 1 aliphatic carbocycles. The topological polar surface area (TPSA) is 97.5 Å². The fourth-order valence-corrected chi connectivity index (χ4v) is 4.64. The van der Waals surface area contributed by atoms with Gasteiger partial charge in [-0.15, -0.1) is 0 Å². The molecule has 0 bridgehead atoms. The predicted molar refractivity (Wildman–Crippen MR) is 126 cm³/mol. The molecule has 33 heavy (non-hydrogen) atoms. The molecule has 0 atom stereocenters. The second-order valence-electron chi connectivity index (χ2n) is 8.97. The van der Waals surface area contributed by atoms with Gasteiger partial charge in [0.25, 0.3) is 11.5 Å². The maximum atomic E-state index is 13.1. The van der Waals surface area contributed by atoms with E-state index in [0.29, 0.717) is 28.9 Å². The van der Waals surface area contributed by atoms with Crippen LogP contribution in [-0.4, -0.2) is 32.0 Å². The highest BCUT2D eigenvalue weighted by atomic mass is 16.2. The Morgan fingerprint density at radius 2 is 1.76 bits per heavy atom. The zero-order valence-corrected chi connectivity index (χ0v) is 19.5. The van der Waals surface area contributed by atoms with Crippen LogP contribution in [0, 0.1) is 20.8 Å². The Hall–Kier alpha value is -3.42. The van der Waals surface area contributed by atoms with Crippen molar-refractivity contribution in [2.75, 3.05) is 0 Å². The molecule has 0 saturated heterocycles. The lowest BCUT2D eigenvalue weighted by Crippen LogP contribution is -2.40. The minimum absolute atomic E-state index is 0.134. The SMILES string of the molecule is Cc1ccc(CNC(=O)c2c(C)c3c(=O)n(CC(=O)NC4CCCCC4)ncn3c2C)cc1. The van der Waals surface area contributed by atoms with Crippen molar-refractivity contribution >= 4 is 17.3 Å².